The molecule has 1 aliphatic heterocycles. The summed E-state index contributed by atoms with van der Waals surface area (Å²) in [5.74, 6) is 1.50. The molecular weight excluding hydrogens is 592 g/mol. The zero-order valence-corrected chi connectivity index (χ0v) is 25.7. The van der Waals surface area contributed by atoms with Crippen molar-refractivity contribution in [3.63, 3.8) is 0 Å². The number of ether oxygens (including phenoxy) is 2. The second-order valence-corrected chi connectivity index (χ2v) is 11.7. The van der Waals surface area contributed by atoms with Crippen LogP contribution in [-0.2, 0) is 28.3 Å². The Hall–Kier alpha value is -4.53. The van der Waals surface area contributed by atoms with E-state index in [2.05, 4.69) is 17.4 Å². The van der Waals surface area contributed by atoms with Crippen LogP contribution in [0.25, 0.3) is 0 Å². The Labute approximate surface area is 265 Å². The van der Waals surface area contributed by atoms with Gasteiger partial charge >= 0.3 is 5.97 Å². The van der Waals surface area contributed by atoms with Gasteiger partial charge in [-0.05, 0) is 47.4 Å². The Morgan fingerprint density at radius 2 is 1.59 bits per heavy atom. The summed E-state index contributed by atoms with van der Waals surface area (Å²) in [5, 5.41) is 9.39. The maximum atomic E-state index is 13.6. The lowest BCUT2D eigenvalue weighted by Gasteiger charge is -2.28. The third-order valence-corrected chi connectivity index (χ3v) is 8.53. The summed E-state index contributed by atoms with van der Waals surface area (Å²) in [6.45, 7) is 2.59. The van der Waals surface area contributed by atoms with Crippen molar-refractivity contribution in [1.82, 2.24) is 14.8 Å². The molecule has 5 aromatic rings. The molecule has 0 radical (unpaired) electrons. The van der Waals surface area contributed by atoms with Crippen molar-refractivity contribution in [2.75, 3.05) is 11.9 Å². The molecule has 2 heterocycles. The van der Waals surface area contributed by atoms with Crippen LogP contribution in [0, 0.1) is 0 Å². The maximum absolute atomic E-state index is 13.6. The molecule has 44 heavy (non-hydrogen) atoms. The number of benzene rings is 4. The van der Waals surface area contributed by atoms with E-state index in [1.54, 1.807) is 4.68 Å². The van der Waals surface area contributed by atoms with Crippen LogP contribution in [0.3, 0.4) is 0 Å². The van der Waals surface area contributed by atoms with Gasteiger partial charge in [-0.15, -0.1) is 5.10 Å². The lowest BCUT2D eigenvalue weighted by atomic mass is 9.95. The largest absolute Gasteiger partial charge is 0.493 e. The van der Waals surface area contributed by atoms with Crippen LogP contribution >= 0.6 is 23.4 Å². The molecule has 222 valence electrons. The van der Waals surface area contributed by atoms with Crippen LogP contribution in [0.2, 0.25) is 5.02 Å². The van der Waals surface area contributed by atoms with Gasteiger partial charge in [-0.25, -0.2) is 9.48 Å². The van der Waals surface area contributed by atoms with Gasteiger partial charge in [0.1, 0.15) is 18.4 Å². The van der Waals surface area contributed by atoms with E-state index in [0.717, 1.165) is 28.9 Å². The zero-order chi connectivity index (χ0) is 30.3. The van der Waals surface area contributed by atoms with E-state index in [9.17, 15) is 4.79 Å². The summed E-state index contributed by atoms with van der Waals surface area (Å²) < 4.78 is 13.6. The zero-order valence-electron chi connectivity index (χ0n) is 24.2. The van der Waals surface area contributed by atoms with Gasteiger partial charge in [-0.2, -0.15) is 4.98 Å². The molecule has 0 spiro atoms. The quantitative estimate of drug-likeness (QED) is 0.119. The Morgan fingerprint density at radius 3 is 2.32 bits per heavy atom. The molecule has 0 fully saturated rings. The Bertz CT molecular complexity index is 1760. The molecule has 1 atom stereocenters. The van der Waals surface area contributed by atoms with Gasteiger partial charge in [-0.3, -0.25) is 0 Å². The van der Waals surface area contributed by atoms with Crippen LogP contribution < -0.4 is 10.1 Å². The van der Waals surface area contributed by atoms with Crippen LogP contribution in [0.4, 0.5) is 5.95 Å². The summed E-state index contributed by atoms with van der Waals surface area (Å²) in [4.78, 5) is 18.4. The molecule has 1 aliphatic rings. The summed E-state index contributed by atoms with van der Waals surface area (Å²) in [5.41, 5.74) is 5.13. The highest BCUT2D eigenvalue weighted by Crippen LogP contribution is 2.38. The fraction of sp³-hybridized carbons (Fsp3) is 0.171. The van der Waals surface area contributed by atoms with Gasteiger partial charge in [-0.1, -0.05) is 114 Å². The van der Waals surface area contributed by atoms with E-state index in [1.807, 2.05) is 104 Å². The monoisotopic (exact) mass is 622 g/mol. The molecule has 0 bridgehead atoms. The van der Waals surface area contributed by atoms with E-state index < -0.39 is 12.0 Å². The second kappa shape index (κ2) is 13.8. The SMILES string of the molecule is CC1=C(C(=O)OCc2ccccc2)C(c2ccc(OCCc3ccccc3)cc2)n2nc(SCc3ccccc3Cl)nc2N1. The first-order valence-corrected chi connectivity index (χ1v) is 15.7. The van der Waals surface area contributed by atoms with Crippen LogP contribution in [0.5, 0.6) is 5.75 Å². The average molecular weight is 623 g/mol. The van der Waals surface area contributed by atoms with Crippen LogP contribution in [-0.4, -0.2) is 27.3 Å². The highest BCUT2D eigenvalue weighted by atomic mass is 35.5. The van der Waals surface area contributed by atoms with E-state index in [-0.39, 0.29) is 6.61 Å². The van der Waals surface area contributed by atoms with Crippen molar-refractivity contribution in [2.45, 2.75) is 36.9 Å². The normalized spacial score (nSPS) is 14.1. The van der Waals surface area contributed by atoms with Gasteiger partial charge in [0.15, 0.2) is 0 Å². The summed E-state index contributed by atoms with van der Waals surface area (Å²) in [6.07, 6.45) is 0.813. The fourth-order valence-corrected chi connectivity index (χ4v) is 6.12. The van der Waals surface area contributed by atoms with E-state index in [4.69, 9.17) is 31.2 Å². The topological polar surface area (TPSA) is 78.3 Å². The van der Waals surface area contributed by atoms with Crippen molar-refractivity contribution in [1.29, 1.82) is 0 Å². The number of carbonyl (C=O) groups excluding carboxylic acids is 1. The Morgan fingerprint density at radius 1 is 0.909 bits per heavy atom. The number of esters is 1. The number of carbonyl (C=O) groups is 1. The fourth-order valence-electron chi connectivity index (χ4n) is 5.00. The molecule has 7 nitrogen and oxygen atoms in total. The van der Waals surface area contributed by atoms with Gasteiger partial charge in [0.2, 0.25) is 11.1 Å². The molecule has 1 unspecified atom stereocenters. The van der Waals surface area contributed by atoms with Gasteiger partial charge < -0.3 is 14.8 Å². The minimum atomic E-state index is -0.546. The minimum Gasteiger partial charge on any atom is -0.493 e. The number of rotatable bonds is 11. The van der Waals surface area contributed by atoms with Crippen molar-refractivity contribution in [3.05, 3.63) is 148 Å². The summed E-state index contributed by atoms with van der Waals surface area (Å²) in [6, 6.07) is 34.8. The second-order valence-electron chi connectivity index (χ2n) is 10.3. The molecule has 6 rings (SSSR count). The number of thioether (sulfide) groups is 1. The van der Waals surface area contributed by atoms with Crippen molar-refractivity contribution in [3.8, 4) is 5.75 Å². The number of hydrogen-bond donors (Lipinski definition) is 1. The number of halogens is 1. The number of nitrogens with one attached hydrogen (secondary N) is 1. The number of allylic oxidation sites excluding steroid dienone is 1. The highest BCUT2D eigenvalue weighted by Gasteiger charge is 2.35. The van der Waals surface area contributed by atoms with E-state index in [0.29, 0.717) is 39.8 Å². The standard InChI is InChI=1S/C35H31ClN4O3S/c1-24-31(33(41)43-22-26-12-6-3-7-13-26)32(27-16-18-29(19-17-27)42-21-20-25-10-4-2-5-11-25)40-34(37-24)38-35(39-40)44-23-28-14-8-9-15-30(28)36/h2-19,32H,20-23H2,1H3,(H,37,38,39). The first-order valence-electron chi connectivity index (χ1n) is 14.3. The number of fused-ring (bicyclic) bond motifs is 1. The third-order valence-electron chi connectivity index (χ3n) is 7.28. The first kappa shape index (κ1) is 29.5. The number of aromatic nitrogens is 3. The third kappa shape index (κ3) is 6.98. The molecule has 9 heteroatoms. The van der Waals surface area contributed by atoms with Crippen molar-refractivity contribution < 1.29 is 14.3 Å². The first-order chi connectivity index (χ1) is 21.5. The van der Waals surface area contributed by atoms with Crippen LogP contribution in [0.1, 0.15) is 35.2 Å². The summed E-state index contributed by atoms with van der Waals surface area (Å²) in [7, 11) is 0. The molecular formula is C35H31ClN4O3S. The highest BCUT2D eigenvalue weighted by molar-refractivity contribution is 7.98. The van der Waals surface area contributed by atoms with Gasteiger partial charge in [0.05, 0.1) is 12.2 Å². The molecule has 0 saturated heterocycles. The van der Waals surface area contributed by atoms with E-state index >= 15 is 0 Å². The molecule has 1 aromatic heterocycles. The Balaban J connectivity index is 1.24. The van der Waals surface area contributed by atoms with Crippen molar-refractivity contribution >= 4 is 35.3 Å². The lowest BCUT2D eigenvalue weighted by molar-refractivity contribution is -0.140. The maximum Gasteiger partial charge on any atom is 0.338 e. The number of hydrogen-bond acceptors (Lipinski definition) is 7. The molecule has 0 amide bonds. The Kier molecular flexibility index (Phi) is 9.29. The molecule has 0 saturated carbocycles. The average Bonchev–Trinajstić information content (AvgIpc) is 3.46. The van der Waals surface area contributed by atoms with Crippen LogP contribution in [0.15, 0.2) is 126 Å². The predicted octanol–water partition coefficient (Wildman–Crippen LogP) is 7.88. The lowest BCUT2D eigenvalue weighted by Crippen LogP contribution is -2.29. The predicted molar refractivity (Wildman–Crippen MR) is 174 cm³/mol. The summed E-state index contributed by atoms with van der Waals surface area (Å²) >= 11 is 7.86. The van der Waals surface area contributed by atoms with Gasteiger partial charge in [0, 0.05) is 22.9 Å². The van der Waals surface area contributed by atoms with E-state index in [1.165, 1.54) is 17.3 Å². The smallest absolute Gasteiger partial charge is 0.338 e. The van der Waals surface area contributed by atoms with Gasteiger partial charge in [0.25, 0.3) is 0 Å². The number of nitrogens with zero attached hydrogens (tertiary/aromatic N) is 3. The molecule has 1 N–H and O–H groups in total. The molecule has 4 aromatic carbocycles. The minimum absolute atomic E-state index is 0.167. The number of anilines is 1. The van der Waals surface area contributed by atoms with Crippen molar-refractivity contribution in [2.24, 2.45) is 0 Å². The molecule has 0 aliphatic carbocycles.